The highest BCUT2D eigenvalue weighted by atomic mass is 35.5. The predicted molar refractivity (Wildman–Crippen MR) is 80.5 cm³/mol. The topological polar surface area (TPSA) is 87.7 Å². The van der Waals surface area contributed by atoms with Gasteiger partial charge in [0.2, 0.25) is 0 Å². The summed E-state index contributed by atoms with van der Waals surface area (Å²) in [6, 6.07) is 4.17. The van der Waals surface area contributed by atoms with Gasteiger partial charge in [-0.25, -0.2) is 0 Å². The van der Waals surface area contributed by atoms with Gasteiger partial charge in [0.1, 0.15) is 5.75 Å². The number of nitrogens with one attached hydrogen (secondary N) is 2. The van der Waals surface area contributed by atoms with Crippen LogP contribution in [0.3, 0.4) is 0 Å². The highest BCUT2D eigenvalue weighted by Crippen LogP contribution is 2.26. The van der Waals surface area contributed by atoms with Crippen molar-refractivity contribution in [3.63, 3.8) is 0 Å². The van der Waals surface area contributed by atoms with Crippen LogP contribution in [0.4, 0.5) is 5.69 Å². The molecule has 0 aliphatic heterocycles. The number of aromatic hydroxyl groups is 1. The Morgan fingerprint density at radius 3 is 2.71 bits per heavy atom. The summed E-state index contributed by atoms with van der Waals surface area (Å²) in [7, 11) is 0. The summed E-state index contributed by atoms with van der Waals surface area (Å²) in [4.78, 5) is 23.2. The second kappa shape index (κ2) is 8.49. The molecule has 0 saturated heterocycles. The van der Waals surface area contributed by atoms with E-state index in [1.807, 2.05) is 13.8 Å². The van der Waals surface area contributed by atoms with Gasteiger partial charge in [-0.1, -0.05) is 11.6 Å². The molecule has 0 aliphatic carbocycles. The second-order valence-electron chi connectivity index (χ2n) is 4.64. The fourth-order valence-electron chi connectivity index (χ4n) is 1.46. The Balaban J connectivity index is 2.37. The third-order valence-electron chi connectivity index (χ3n) is 2.47. The van der Waals surface area contributed by atoms with Crippen LogP contribution >= 0.6 is 11.6 Å². The first-order valence-electron chi connectivity index (χ1n) is 6.59. The number of phenols is 1. The number of ether oxygens (including phenoxy) is 1. The van der Waals surface area contributed by atoms with E-state index in [1.165, 1.54) is 18.2 Å². The predicted octanol–water partition coefficient (Wildman–Crippen LogP) is 1.92. The molecule has 116 valence electrons. The summed E-state index contributed by atoms with van der Waals surface area (Å²) in [5.41, 5.74) is 0.0887. The fourth-order valence-corrected chi connectivity index (χ4v) is 1.63. The summed E-state index contributed by atoms with van der Waals surface area (Å²) in [6.45, 7) is 4.68. The van der Waals surface area contributed by atoms with Crippen molar-refractivity contribution >= 4 is 29.1 Å². The normalized spacial score (nSPS) is 10.5. The maximum atomic E-state index is 11.6. The van der Waals surface area contributed by atoms with E-state index in [2.05, 4.69) is 10.6 Å². The van der Waals surface area contributed by atoms with E-state index in [0.717, 1.165) is 0 Å². The molecule has 21 heavy (non-hydrogen) atoms. The number of carbonyl (C=O) groups is 2. The Morgan fingerprint density at radius 2 is 2.05 bits per heavy atom. The van der Waals surface area contributed by atoms with Crippen LogP contribution in [-0.4, -0.2) is 36.2 Å². The smallest absolute Gasteiger partial charge is 0.313 e. The number of anilines is 1. The number of amides is 2. The van der Waals surface area contributed by atoms with Crippen LogP contribution < -0.4 is 10.6 Å². The van der Waals surface area contributed by atoms with Gasteiger partial charge in [0.15, 0.2) is 0 Å². The van der Waals surface area contributed by atoms with Crippen molar-refractivity contribution in [2.24, 2.45) is 0 Å². The quantitative estimate of drug-likeness (QED) is 0.425. The Kier molecular flexibility index (Phi) is 6.98. The maximum absolute atomic E-state index is 11.6. The monoisotopic (exact) mass is 314 g/mol. The average Bonchev–Trinajstić information content (AvgIpc) is 2.41. The molecule has 6 nitrogen and oxygen atoms in total. The first kappa shape index (κ1) is 17.3. The van der Waals surface area contributed by atoms with Gasteiger partial charge in [0, 0.05) is 18.2 Å². The van der Waals surface area contributed by atoms with Gasteiger partial charge < -0.3 is 20.5 Å². The van der Waals surface area contributed by atoms with E-state index in [-0.39, 0.29) is 17.5 Å². The Hall–Kier alpha value is -1.79. The minimum atomic E-state index is -0.864. The summed E-state index contributed by atoms with van der Waals surface area (Å²) < 4.78 is 5.31. The molecule has 1 aromatic carbocycles. The van der Waals surface area contributed by atoms with Gasteiger partial charge in [-0.2, -0.15) is 0 Å². The van der Waals surface area contributed by atoms with Crippen molar-refractivity contribution in [2.75, 3.05) is 18.5 Å². The van der Waals surface area contributed by atoms with Gasteiger partial charge >= 0.3 is 11.8 Å². The fraction of sp³-hybridized carbons (Fsp3) is 0.429. The third-order valence-corrected chi connectivity index (χ3v) is 2.71. The third kappa shape index (κ3) is 6.46. The van der Waals surface area contributed by atoms with Crippen LogP contribution in [0.1, 0.15) is 20.3 Å². The average molecular weight is 315 g/mol. The zero-order chi connectivity index (χ0) is 15.8. The molecule has 0 fully saturated rings. The lowest BCUT2D eigenvalue weighted by Crippen LogP contribution is -2.36. The zero-order valence-corrected chi connectivity index (χ0v) is 12.7. The molecule has 0 unspecified atom stereocenters. The van der Waals surface area contributed by atoms with Gasteiger partial charge in [0.25, 0.3) is 0 Å². The summed E-state index contributed by atoms with van der Waals surface area (Å²) in [5.74, 6) is -1.80. The molecule has 0 saturated carbocycles. The molecule has 3 N–H and O–H groups in total. The Morgan fingerprint density at radius 1 is 1.33 bits per heavy atom. The first-order chi connectivity index (χ1) is 9.90. The van der Waals surface area contributed by atoms with Crippen molar-refractivity contribution in [1.82, 2.24) is 5.32 Å². The molecule has 7 heteroatoms. The van der Waals surface area contributed by atoms with Crippen LogP contribution in [0.5, 0.6) is 5.75 Å². The molecule has 0 aliphatic rings. The number of rotatable bonds is 6. The Labute approximate surface area is 128 Å². The van der Waals surface area contributed by atoms with E-state index in [4.69, 9.17) is 16.3 Å². The molecule has 0 spiro atoms. The molecule has 0 bridgehead atoms. The standard InChI is InChI=1S/C14H19ClN2O4/c1-9(2)21-7-3-6-16-13(19)14(20)17-11-8-10(15)4-5-12(11)18/h4-5,8-9,18H,3,6-7H2,1-2H3,(H,16,19)(H,17,20). The molecule has 0 atom stereocenters. The van der Waals surface area contributed by atoms with Gasteiger partial charge in [-0.3, -0.25) is 9.59 Å². The molecular formula is C14H19ClN2O4. The van der Waals surface area contributed by atoms with E-state index in [0.29, 0.717) is 24.6 Å². The van der Waals surface area contributed by atoms with Crippen LogP contribution in [0.25, 0.3) is 0 Å². The van der Waals surface area contributed by atoms with Gasteiger partial charge in [-0.15, -0.1) is 0 Å². The van der Waals surface area contributed by atoms with Crippen molar-refractivity contribution in [1.29, 1.82) is 0 Å². The summed E-state index contributed by atoms with van der Waals surface area (Å²) in [5, 5.41) is 14.6. The summed E-state index contributed by atoms with van der Waals surface area (Å²) in [6.07, 6.45) is 0.745. The van der Waals surface area contributed by atoms with Crippen molar-refractivity contribution in [2.45, 2.75) is 26.4 Å². The van der Waals surface area contributed by atoms with E-state index in [9.17, 15) is 14.7 Å². The zero-order valence-electron chi connectivity index (χ0n) is 12.0. The number of hydrogen-bond donors (Lipinski definition) is 3. The molecule has 0 radical (unpaired) electrons. The number of benzene rings is 1. The van der Waals surface area contributed by atoms with Crippen LogP contribution in [0.2, 0.25) is 5.02 Å². The first-order valence-corrected chi connectivity index (χ1v) is 6.97. The van der Waals surface area contributed by atoms with E-state index in [1.54, 1.807) is 0 Å². The number of carbonyl (C=O) groups excluding carboxylic acids is 2. The number of halogens is 1. The van der Waals surface area contributed by atoms with Crippen molar-refractivity contribution in [3.05, 3.63) is 23.2 Å². The number of hydrogen-bond acceptors (Lipinski definition) is 4. The lowest BCUT2D eigenvalue weighted by atomic mass is 10.3. The lowest BCUT2D eigenvalue weighted by molar-refractivity contribution is -0.136. The minimum absolute atomic E-state index is 0.0887. The van der Waals surface area contributed by atoms with Crippen LogP contribution in [0, 0.1) is 0 Å². The number of phenolic OH excluding ortho intramolecular Hbond substituents is 1. The van der Waals surface area contributed by atoms with Gasteiger partial charge in [0.05, 0.1) is 11.8 Å². The highest BCUT2D eigenvalue weighted by molar-refractivity contribution is 6.40. The van der Waals surface area contributed by atoms with Crippen LogP contribution in [-0.2, 0) is 14.3 Å². The SMILES string of the molecule is CC(C)OCCCNC(=O)C(=O)Nc1cc(Cl)ccc1O. The van der Waals surface area contributed by atoms with E-state index < -0.39 is 11.8 Å². The molecule has 2 amide bonds. The van der Waals surface area contributed by atoms with Gasteiger partial charge in [-0.05, 0) is 38.5 Å². The largest absolute Gasteiger partial charge is 0.506 e. The minimum Gasteiger partial charge on any atom is -0.506 e. The molecule has 1 aromatic rings. The molecule has 0 aromatic heterocycles. The summed E-state index contributed by atoms with van der Waals surface area (Å²) >= 11 is 5.75. The molecule has 1 rings (SSSR count). The molecule has 0 heterocycles. The van der Waals surface area contributed by atoms with E-state index >= 15 is 0 Å². The second-order valence-corrected chi connectivity index (χ2v) is 5.08. The maximum Gasteiger partial charge on any atom is 0.313 e. The van der Waals surface area contributed by atoms with Crippen LogP contribution in [0.15, 0.2) is 18.2 Å². The highest BCUT2D eigenvalue weighted by Gasteiger charge is 2.15. The lowest BCUT2D eigenvalue weighted by Gasteiger charge is -2.09. The van der Waals surface area contributed by atoms with Crippen molar-refractivity contribution in [3.8, 4) is 5.75 Å². The van der Waals surface area contributed by atoms with Crippen molar-refractivity contribution < 1.29 is 19.4 Å². The Bertz CT molecular complexity index is 506. The molecular weight excluding hydrogens is 296 g/mol.